The van der Waals surface area contributed by atoms with Gasteiger partial charge in [-0.3, -0.25) is 0 Å². The number of benzene rings is 1. The summed E-state index contributed by atoms with van der Waals surface area (Å²) in [5.74, 6) is -0.548. The van der Waals surface area contributed by atoms with E-state index in [9.17, 15) is 9.90 Å². The van der Waals surface area contributed by atoms with E-state index < -0.39 is 5.97 Å². The standard InChI is InChI=1S/C13H13NO4/c1-3-18-12-9(5-4-6-11(12)15)7-10(8-14)13(16)17-2/h4-7,15H,3H2,1-2H3. The Morgan fingerprint density at radius 1 is 1.56 bits per heavy atom. The number of rotatable bonds is 4. The summed E-state index contributed by atoms with van der Waals surface area (Å²) in [5.41, 5.74) is 0.280. The average molecular weight is 247 g/mol. The topological polar surface area (TPSA) is 79.5 Å². The highest BCUT2D eigenvalue weighted by Gasteiger charge is 2.12. The Kier molecular flexibility index (Phi) is 4.76. The van der Waals surface area contributed by atoms with Gasteiger partial charge in [-0.05, 0) is 19.1 Å². The number of phenols is 1. The van der Waals surface area contributed by atoms with Crippen LogP contribution in [0.1, 0.15) is 12.5 Å². The molecule has 18 heavy (non-hydrogen) atoms. The molecular formula is C13H13NO4. The molecule has 0 aromatic heterocycles. The minimum atomic E-state index is -0.733. The van der Waals surface area contributed by atoms with Crippen LogP contribution in [0.2, 0.25) is 0 Å². The van der Waals surface area contributed by atoms with Crippen LogP contribution in [0.15, 0.2) is 23.8 Å². The predicted octanol–water partition coefficient (Wildman–Crippen LogP) is 1.87. The van der Waals surface area contributed by atoms with Crippen LogP contribution >= 0.6 is 0 Å². The van der Waals surface area contributed by atoms with Crippen LogP contribution < -0.4 is 4.74 Å². The van der Waals surface area contributed by atoms with Crippen molar-refractivity contribution in [1.29, 1.82) is 5.26 Å². The molecule has 0 aliphatic rings. The first-order valence-corrected chi connectivity index (χ1v) is 5.28. The van der Waals surface area contributed by atoms with E-state index in [1.54, 1.807) is 25.1 Å². The van der Waals surface area contributed by atoms with Gasteiger partial charge in [0.2, 0.25) is 0 Å². The molecule has 1 aromatic carbocycles. The molecule has 0 aliphatic carbocycles. The van der Waals surface area contributed by atoms with Gasteiger partial charge in [-0.25, -0.2) is 4.79 Å². The highest BCUT2D eigenvalue weighted by Crippen LogP contribution is 2.31. The van der Waals surface area contributed by atoms with E-state index in [0.29, 0.717) is 12.2 Å². The Hall–Kier alpha value is -2.48. The minimum Gasteiger partial charge on any atom is -0.504 e. The molecule has 0 heterocycles. The molecule has 0 amide bonds. The number of methoxy groups -OCH3 is 1. The number of para-hydroxylation sites is 1. The molecule has 0 unspecified atom stereocenters. The number of hydrogen-bond acceptors (Lipinski definition) is 5. The van der Waals surface area contributed by atoms with Gasteiger partial charge in [0.15, 0.2) is 11.5 Å². The van der Waals surface area contributed by atoms with E-state index in [1.165, 1.54) is 19.3 Å². The van der Waals surface area contributed by atoms with Crippen molar-refractivity contribution in [3.05, 3.63) is 29.3 Å². The van der Waals surface area contributed by atoms with Gasteiger partial charge < -0.3 is 14.6 Å². The summed E-state index contributed by atoms with van der Waals surface area (Å²) in [6.07, 6.45) is 1.32. The first-order valence-electron chi connectivity index (χ1n) is 5.28. The zero-order valence-corrected chi connectivity index (χ0v) is 10.1. The molecule has 94 valence electrons. The van der Waals surface area contributed by atoms with Crippen LogP contribution in [0.25, 0.3) is 6.08 Å². The molecule has 1 aromatic rings. The molecule has 0 saturated heterocycles. The highest BCUT2D eigenvalue weighted by molar-refractivity contribution is 5.98. The van der Waals surface area contributed by atoms with Crippen molar-refractivity contribution < 1.29 is 19.4 Å². The van der Waals surface area contributed by atoms with Gasteiger partial charge in [-0.15, -0.1) is 0 Å². The number of ether oxygens (including phenoxy) is 2. The van der Waals surface area contributed by atoms with E-state index in [2.05, 4.69) is 4.74 Å². The number of nitriles is 1. The molecule has 0 saturated carbocycles. The molecule has 0 spiro atoms. The average Bonchev–Trinajstić information content (AvgIpc) is 2.38. The third kappa shape index (κ3) is 3.01. The number of nitrogens with zero attached hydrogens (tertiary/aromatic N) is 1. The van der Waals surface area contributed by atoms with Crippen molar-refractivity contribution in [1.82, 2.24) is 0 Å². The first kappa shape index (κ1) is 13.6. The maximum atomic E-state index is 11.3. The fraction of sp³-hybridized carbons (Fsp3) is 0.231. The molecule has 5 nitrogen and oxygen atoms in total. The summed E-state index contributed by atoms with van der Waals surface area (Å²) in [4.78, 5) is 11.3. The zero-order chi connectivity index (χ0) is 13.5. The van der Waals surface area contributed by atoms with Gasteiger partial charge in [-0.2, -0.15) is 5.26 Å². The Labute approximate surface area is 105 Å². The van der Waals surface area contributed by atoms with Gasteiger partial charge in [0.25, 0.3) is 0 Å². The molecule has 0 radical (unpaired) electrons. The van der Waals surface area contributed by atoms with E-state index in [-0.39, 0.29) is 17.1 Å². The minimum absolute atomic E-state index is 0.0484. The van der Waals surface area contributed by atoms with Gasteiger partial charge in [0.05, 0.1) is 13.7 Å². The molecular weight excluding hydrogens is 234 g/mol. The van der Waals surface area contributed by atoms with Crippen molar-refractivity contribution in [3.63, 3.8) is 0 Å². The number of hydrogen-bond donors (Lipinski definition) is 1. The lowest BCUT2D eigenvalue weighted by Gasteiger charge is -2.09. The Morgan fingerprint density at radius 2 is 2.28 bits per heavy atom. The lowest BCUT2D eigenvalue weighted by molar-refractivity contribution is -0.135. The van der Waals surface area contributed by atoms with Gasteiger partial charge in [0.1, 0.15) is 11.6 Å². The zero-order valence-electron chi connectivity index (χ0n) is 10.1. The van der Waals surface area contributed by atoms with Gasteiger partial charge >= 0.3 is 5.97 Å². The summed E-state index contributed by atoms with van der Waals surface area (Å²) in [6.45, 7) is 2.13. The molecule has 0 atom stereocenters. The fourth-order valence-electron chi connectivity index (χ4n) is 1.36. The lowest BCUT2D eigenvalue weighted by Crippen LogP contribution is -2.03. The van der Waals surface area contributed by atoms with Crippen molar-refractivity contribution >= 4 is 12.0 Å². The van der Waals surface area contributed by atoms with E-state index >= 15 is 0 Å². The van der Waals surface area contributed by atoms with Crippen molar-refractivity contribution in [2.24, 2.45) is 0 Å². The lowest BCUT2D eigenvalue weighted by atomic mass is 10.1. The van der Waals surface area contributed by atoms with E-state index in [4.69, 9.17) is 10.00 Å². The summed E-state index contributed by atoms with van der Waals surface area (Å²) >= 11 is 0. The van der Waals surface area contributed by atoms with Crippen LogP contribution in [-0.2, 0) is 9.53 Å². The number of carbonyl (C=O) groups excluding carboxylic acids is 1. The van der Waals surface area contributed by atoms with Crippen molar-refractivity contribution in [3.8, 4) is 17.6 Å². The van der Waals surface area contributed by atoms with E-state index in [1.807, 2.05) is 0 Å². The summed E-state index contributed by atoms with van der Waals surface area (Å²) in [7, 11) is 1.19. The second-order valence-corrected chi connectivity index (χ2v) is 3.29. The number of esters is 1. The molecule has 1 rings (SSSR count). The van der Waals surface area contributed by atoms with Crippen molar-refractivity contribution in [2.45, 2.75) is 6.92 Å². The third-order valence-electron chi connectivity index (χ3n) is 2.14. The summed E-state index contributed by atoms with van der Waals surface area (Å²) < 4.78 is 9.74. The Morgan fingerprint density at radius 3 is 2.83 bits per heavy atom. The fourth-order valence-corrected chi connectivity index (χ4v) is 1.36. The first-order chi connectivity index (χ1) is 8.63. The van der Waals surface area contributed by atoms with Crippen LogP contribution in [0.5, 0.6) is 11.5 Å². The van der Waals surface area contributed by atoms with Crippen LogP contribution in [0.3, 0.4) is 0 Å². The normalized spacial score (nSPS) is 10.6. The number of carbonyl (C=O) groups is 1. The second-order valence-electron chi connectivity index (χ2n) is 3.29. The molecule has 0 bridgehead atoms. The molecule has 0 fully saturated rings. The Balaban J connectivity index is 3.25. The quantitative estimate of drug-likeness (QED) is 0.499. The maximum absolute atomic E-state index is 11.3. The Bertz CT molecular complexity index is 514. The van der Waals surface area contributed by atoms with Gasteiger partial charge in [-0.1, -0.05) is 12.1 Å². The number of phenolic OH excluding ortho intramolecular Hbond substituents is 1. The largest absolute Gasteiger partial charge is 0.504 e. The van der Waals surface area contributed by atoms with E-state index in [0.717, 1.165) is 0 Å². The molecule has 5 heteroatoms. The summed E-state index contributed by atoms with van der Waals surface area (Å²) in [5, 5.41) is 18.5. The monoisotopic (exact) mass is 247 g/mol. The van der Waals surface area contributed by atoms with Crippen LogP contribution in [0.4, 0.5) is 0 Å². The van der Waals surface area contributed by atoms with Crippen LogP contribution in [0, 0.1) is 11.3 Å². The third-order valence-corrected chi connectivity index (χ3v) is 2.14. The van der Waals surface area contributed by atoms with Crippen molar-refractivity contribution in [2.75, 3.05) is 13.7 Å². The smallest absolute Gasteiger partial charge is 0.348 e. The van der Waals surface area contributed by atoms with Crippen LogP contribution in [-0.4, -0.2) is 24.8 Å². The number of aromatic hydroxyl groups is 1. The highest BCUT2D eigenvalue weighted by atomic mass is 16.5. The van der Waals surface area contributed by atoms with Gasteiger partial charge in [0, 0.05) is 5.56 Å². The molecule has 0 aliphatic heterocycles. The maximum Gasteiger partial charge on any atom is 0.348 e. The molecule has 1 N–H and O–H groups in total. The second kappa shape index (κ2) is 6.30. The summed E-state index contributed by atoms with van der Waals surface area (Å²) in [6, 6.07) is 6.43. The SMILES string of the molecule is CCOc1c(O)cccc1C=C(C#N)C(=O)OC. The predicted molar refractivity (Wildman–Crippen MR) is 64.9 cm³/mol.